The Balaban J connectivity index is 1.91. The first-order valence-corrected chi connectivity index (χ1v) is 9.26. The number of aromatic nitrogens is 1. The zero-order valence-electron chi connectivity index (χ0n) is 17.0. The van der Waals surface area contributed by atoms with E-state index in [0.717, 1.165) is 34.0 Å². The SMILES string of the molecule is COc1ccc(-n2c(C)cc(/C=C(/C#N)C(=O)Nc3cccc(C)c3)c2C)cc1. The maximum atomic E-state index is 12.6. The van der Waals surface area contributed by atoms with Crippen LogP contribution in [0.2, 0.25) is 0 Å². The topological polar surface area (TPSA) is 67.0 Å². The molecule has 3 aromatic rings. The van der Waals surface area contributed by atoms with Gasteiger partial charge in [0.25, 0.3) is 5.91 Å². The largest absolute Gasteiger partial charge is 0.497 e. The molecule has 0 spiro atoms. The highest BCUT2D eigenvalue weighted by Crippen LogP contribution is 2.24. The van der Waals surface area contributed by atoms with E-state index in [2.05, 4.69) is 9.88 Å². The summed E-state index contributed by atoms with van der Waals surface area (Å²) in [7, 11) is 1.63. The number of carbonyl (C=O) groups excluding carboxylic acids is 1. The molecule has 0 bridgehead atoms. The first kappa shape index (κ1) is 20.0. The van der Waals surface area contributed by atoms with Crippen molar-refractivity contribution in [3.8, 4) is 17.5 Å². The summed E-state index contributed by atoms with van der Waals surface area (Å²) in [5, 5.41) is 12.3. The monoisotopic (exact) mass is 385 g/mol. The van der Waals surface area contributed by atoms with Gasteiger partial charge in [0.1, 0.15) is 17.4 Å². The van der Waals surface area contributed by atoms with Crippen molar-refractivity contribution in [3.63, 3.8) is 0 Å². The molecule has 0 aliphatic rings. The number of nitrogens with zero attached hydrogens (tertiary/aromatic N) is 2. The van der Waals surface area contributed by atoms with Crippen LogP contribution in [0.15, 0.2) is 60.2 Å². The summed E-state index contributed by atoms with van der Waals surface area (Å²) < 4.78 is 7.30. The fraction of sp³-hybridized carbons (Fsp3) is 0.167. The van der Waals surface area contributed by atoms with E-state index < -0.39 is 5.91 Å². The molecular formula is C24H23N3O2. The van der Waals surface area contributed by atoms with Gasteiger partial charge in [0, 0.05) is 22.8 Å². The summed E-state index contributed by atoms with van der Waals surface area (Å²) in [5.41, 5.74) is 5.53. The number of amides is 1. The molecule has 0 fully saturated rings. The molecule has 1 N–H and O–H groups in total. The lowest BCUT2D eigenvalue weighted by molar-refractivity contribution is -0.112. The highest BCUT2D eigenvalue weighted by atomic mass is 16.5. The lowest BCUT2D eigenvalue weighted by atomic mass is 10.1. The van der Waals surface area contributed by atoms with E-state index >= 15 is 0 Å². The van der Waals surface area contributed by atoms with Crippen molar-refractivity contribution >= 4 is 17.7 Å². The Bertz CT molecular complexity index is 1120. The molecule has 0 aliphatic heterocycles. The number of anilines is 1. The van der Waals surface area contributed by atoms with Crippen molar-refractivity contribution < 1.29 is 9.53 Å². The zero-order valence-corrected chi connectivity index (χ0v) is 17.0. The number of carbonyl (C=O) groups is 1. The molecule has 3 rings (SSSR count). The first-order valence-electron chi connectivity index (χ1n) is 9.26. The predicted octanol–water partition coefficient (Wildman–Crippen LogP) is 4.96. The molecule has 1 heterocycles. The van der Waals surface area contributed by atoms with Crippen molar-refractivity contribution in [2.45, 2.75) is 20.8 Å². The maximum Gasteiger partial charge on any atom is 0.266 e. The minimum absolute atomic E-state index is 0.0569. The van der Waals surface area contributed by atoms with Gasteiger partial charge in [0.15, 0.2) is 0 Å². The summed E-state index contributed by atoms with van der Waals surface area (Å²) in [5.74, 6) is 0.364. The number of hydrogen-bond donors (Lipinski definition) is 1. The number of methoxy groups -OCH3 is 1. The average molecular weight is 385 g/mol. The molecule has 5 heteroatoms. The van der Waals surface area contributed by atoms with Gasteiger partial charge in [0.05, 0.1) is 7.11 Å². The lowest BCUT2D eigenvalue weighted by Gasteiger charge is -2.10. The molecule has 146 valence electrons. The number of ether oxygens (including phenoxy) is 1. The van der Waals surface area contributed by atoms with Crippen molar-refractivity contribution in [3.05, 3.63) is 82.7 Å². The van der Waals surface area contributed by atoms with E-state index in [0.29, 0.717) is 5.69 Å². The van der Waals surface area contributed by atoms with E-state index in [9.17, 15) is 10.1 Å². The van der Waals surface area contributed by atoms with Crippen LogP contribution in [0.4, 0.5) is 5.69 Å². The van der Waals surface area contributed by atoms with Crippen molar-refractivity contribution in [1.82, 2.24) is 4.57 Å². The smallest absolute Gasteiger partial charge is 0.266 e. The second-order valence-electron chi connectivity index (χ2n) is 6.85. The van der Waals surface area contributed by atoms with E-state index in [1.165, 1.54) is 0 Å². The summed E-state index contributed by atoms with van der Waals surface area (Å²) in [6.07, 6.45) is 1.63. The molecule has 0 saturated carbocycles. The molecule has 0 aliphatic carbocycles. The number of aryl methyl sites for hydroxylation is 2. The molecule has 2 aromatic carbocycles. The summed E-state index contributed by atoms with van der Waals surface area (Å²) >= 11 is 0. The number of rotatable bonds is 5. The molecule has 1 aromatic heterocycles. The molecule has 5 nitrogen and oxygen atoms in total. The van der Waals surface area contributed by atoms with Crippen LogP contribution in [0.5, 0.6) is 5.75 Å². The van der Waals surface area contributed by atoms with Crippen LogP contribution in [-0.4, -0.2) is 17.6 Å². The van der Waals surface area contributed by atoms with Crippen LogP contribution in [-0.2, 0) is 4.79 Å². The zero-order chi connectivity index (χ0) is 21.0. The number of nitriles is 1. The molecule has 0 radical (unpaired) electrons. The summed E-state index contributed by atoms with van der Waals surface area (Å²) in [6, 6.07) is 19.2. The third-order valence-corrected chi connectivity index (χ3v) is 4.74. The predicted molar refractivity (Wildman–Crippen MR) is 115 cm³/mol. The molecular weight excluding hydrogens is 362 g/mol. The van der Waals surface area contributed by atoms with Crippen molar-refractivity contribution in [2.75, 3.05) is 12.4 Å². The van der Waals surface area contributed by atoms with Gasteiger partial charge in [-0.05, 0) is 80.4 Å². The number of nitrogens with one attached hydrogen (secondary N) is 1. The van der Waals surface area contributed by atoms with Crippen LogP contribution in [0.25, 0.3) is 11.8 Å². The highest BCUT2D eigenvalue weighted by molar-refractivity contribution is 6.09. The maximum absolute atomic E-state index is 12.6. The molecule has 0 saturated heterocycles. The Morgan fingerprint density at radius 3 is 2.45 bits per heavy atom. The standard InChI is InChI=1S/C24H23N3O2/c1-16-6-5-7-21(12-16)26-24(28)20(15-25)14-19-13-17(2)27(18(19)3)22-8-10-23(29-4)11-9-22/h5-14H,1-4H3,(H,26,28)/b20-14-. The minimum Gasteiger partial charge on any atom is -0.497 e. The summed E-state index contributed by atoms with van der Waals surface area (Å²) in [6.45, 7) is 5.91. The van der Waals surface area contributed by atoms with E-state index in [-0.39, 0.29) is 5.57 Å². The van der Waals surface area contributed by atoms with E-state index in [1.807, 2.05) is 75.4 Å². The van der Waals surface area contributed by atoms with Gasteiger partial charge in [-0.2, -0.15) is 5.26 Å². The van der Waals surface area contributed by atoms with Gasteiger partial charge in [-0.3, -0.25) is 4.79 Å². The van der Waals surface area contributed by atoms with Crippen LogP contribution < -0.4 is 10.1 Å². The van der Waals surface area contributed by atoms with Gasteiger partial charge < -0.3 is 14.6 Å². The fourth-order valence-corrected chi connectivity index (χ4v) is 3.29. The first-order chi connectivity index (χ1) is 13.9. The summed E-state index contributed by atoms with van der Waals surface area (Å²) in [4.78, 5) is 12.6. The Kier molecular flexibility index (Phi) is 5.85. The van der Waals surface area contributed by atoms with Crippen LogP contribution in [0.1, 0.15) is 22.5 Å². The third kappa shape index (κ3) is 4.39. The lowest BCUT2D eigenvalue weighted by Crippen LogP contribution is -2.13. The molecule has 0 atom stereocenters. The van der Waals surface area contributed by atoms with Gasteiger partial charge in [-0.25, -0.2) is 0 Å². The second kappa shape index (κ2) is 8.49. The normalized spacial score (nSPS) is 11.1. The average Bonchev–Trinajstić information content (AvgIpc) is 2.99. The van der Waals surface area contributed by atoms with E-state index in [4.69, 9.17) is 4.74 Å². The third-order valence-electron chi connectivity index (χ3n) is 4.74. The fourth-order valence-electron chi connectivity index (χ4n) is 3.29. The van der Waals surface area contributed by atoms with Gasteiger partial charge in [-0.15, -0.1) is 0 Å². The Hall–Kier alpha value is -3.78. The number of hydrogen-bond acceptors (Lipinski definition) is 3. The minimum atomic E-state index is -0.424. The Labute approximate surface area is 170 Å². The van der Waals surface area contributed by atoms with Crippen LogP contribution in [0, 0.1) is 32.1 Å². The Morgan fingerprint density at radius 1 is 1.10 bits per heavy atom. The van der Waals surface area contributed by atoms with E-state index in [1.54, 1.807) is 19.3 Å². The van der Waals surface area contributed by atoms with Crippen LogP contribution >= 0.6 is 0 Å². The molecule has 29 heavy (non-hydrogen) atoms. The second-order valence-corrected chi connectivity index (χ2v) is 6.85. The molecule has 0 unspecified atom stereocenters. The molecule has 1 amide bonds. The van der Waals surface area contributed by atoms with Gasteiger partial charge in [0.2, 0.25) is 0 Å². The number of benzene rings is 2. The Morgan fingerprint density at radius 2 is 1.83 bits per heavy atom. The van der Waals surface area contributed by atoms with Crippen molar-refractivity contribution in [1.29, 1.82) is 5.26 Å². The van der Waals surface area contributed by atoms with Gasteiger partial charge in [-0.1, -0.05) is 12.1 Å². The quantitative estimate of drug-likeness (QED) is 0.499. The van der Waals surface area contributed by atoms with Crippen LogP contribution in [0.3, 0.4) is 0 Å². The van der Waals surface area contributed by atoms with Gasteiger partial charge >= 0.3 is 0 Å². The highest BCUT2D eigenvalue weighted by Gasteiger charge is 2.14. The van der Waals surface area contributed by atoms with Crippen molar-refractivity contribution in [2.24, 2.45) is 0 Å².